The second kappa shape index (κ2) is 6.56. The molecule has 0 aromatic carbocycles. The van der Waals surface area contributed by atoms with Gasteiger partial charge in [0.05, 0.1) is 11.9 Å². The maximum atomic E-state index is 4.73. The second-order valence-electron chi connectivity index (χ2n) is 7.08. The summed E-state index contributed by atoms with van der Waals surface area (Å²) in [6.45, 7) is 13.9. The summed E-state index contributed by atoms with van der Waals surface area (Å²) in [5, 5.41) is 3.39. The van der Waals surface area contributed by atoms with E-state index in [1.807, 2.05) is 12.4 Å². The van der Waals surface area contributed by atoms with Crippen LogP contribution in [0.4, 0.5) is 5.82 Å². The minimum Gasteiger partial charge on any atom is -0.351 e. The molecule has 0 aliphatic carbocycles. The number of nitrogens with zero attached hydrogens (tertiary/aromatic N) is 3. The monoisotopic (exact) mass is 288 g/mol. The van der Waals surface area contributed by atoms with Crippen LogP contribution in [-0.4, -0.2) is 29.1 Å². The molecule has 0 bridgehead atoms. The minimum absolute atomic E-state index is 0.279. The molecule has 0 atom stereocenters. The Morgan fingerprint density at radius 1 is 1.29 bits per heavy atom. The van der Waals surface area contributed by atoms with Gasteiger partial charge in [0.15, 0.2) is 0 Å². The van der Waals surface area contributed by atoms with E-state index in [1.165, 1.54) is 0 Å². The van der Waals surface area contributed by atoms with Crippen LogP contribution in [-0.2, 0) is 6.54 Å². The first kappa shape index (κ1) is 16.0. The maximum absolute atomic E-state index is 4.73. The fourth-order valence-corrected chi connectivity index (χ4v) is 2.50. The van der Waals surface area contributed by atoms with E-state index in [-0.39, 0.29) is 5.41 Å². The van der Waals surface area contributed by atoms with Crippen LogP contribution >= 0.6 is 0 Å². The quantitative estimate of drug-likeness (QED) is 0.864. The zero-order valence-corrected chi connectivity index (χ0v) is 14.0. The van der Waals surface area contributed by atoms with Crippen molar-refractivity contribution in [3.05, 3.63) is 29.7 Å². The van der Waals surface area contributed by atoms with Gasteiger partial charge in [0.1, 0.15) is 5.82 Å². The number of hydrogen-bond donors (Lipinski definition) is 1. The number of hydrogen-bond acceptors (Lipinski definition) is 4. The lowest BCUT2D eigenvalue weighted by molar-refractivity contribution is 0.472. The fourth-order valence-electron chi connectivity index (χ4n) is 2.50. The zero-order chi connectivity index (χ0) is 15.5. The van der Waals surface area contributed by atoms with E-state index in [2.05, 4.69) is 55.9 Å². The van der Waals surface area contributed by atoms with Crippen LogP contribution in [0.25, 0.3) is 0 Å². The average Bonchev–Trinajstić information content (AvgIpc) is 2.45. The van der Waals surface area contributed by atoms with Crippen LogP contribution in [0.15, 0.2) is 24.0 Å². The van der Waals surface area contributed by atoms with Crippen molar-refractivity contribution in [3.63, 3.8) is 0 Å². The normalized spacial score (nSPS) is 16.3. The molecule has 0 saturated heterocycles. The molecule has 4 nitrogen and oxygen atoms in total. The molecule has 0 amide bonds. The lowest BCUT2D eigenvalue weighted by Gasteiger charge is -2.32. The third-order valence-electron chi connectivity index (χ3n) is 3.86. The second-order valence-corrected chi connectivity index (χ2v) is 7.08. The molecule has 2 heterocycles. The summed E-state index contributed by atoms with van der Waals surface area (Å²) in [6.07, 6.45) is 7.18. The molecule has 1 aromatic rings. The summed E-state index contributed by atoms with van der Waals surface area (Å²) in [6, 6.07) is 0.461. The van der Waals surface area contributed by atoms with Crippen LogP contribution < -0.4 is 10.2 Å². The Kier molecular flexibility index (Phi) is 4.99. The van der Waals surface area contributed by atoms with Gasteiger partial charge in [-0.1, -0.05) is 46.3 Å². The van der Waals surface area contributed by atoms with Crippen LogP contribution in [0.1, 0.15) is 46.7 Å². The van der Waals surface area contributed by atoms with E-state index in [4.69, 9.17) is 4.98 Å². The summed E-state index contributed by atoms with van der Waals surface area (Å²) >= 11 is 0. The van der Waals surface area contributed by atoms with Gasteiger partial charge in [-0.25, -0.2) is 4.98 Å². The molecule has 1 aromatic heterocycles. The maximum Gasteiger partial charge on any atom is 0.147 e. The predicted molar refractivity (Wildman–Crippen MR) is 88.4 cm³/mol. The molecule has 4 heteroatoms. The molecule has 21 heavy (non-hydrogen) atoms. The number of anilines is 1. The highest BCUT2D eigenvalue weighted by molar-refractivity contribution is 5.40. The van der Waals surface area contributed by atoms with Crippen LogP contribution in [0, 0.1) is 5.41 Å². The summed E-state index contributed by atoms with van der Waals surface area (Å²) in [4.78, 5) is 11.4. The van der Waals surface area contributed by atoms with Gasteiger partial charge < -0.3 is 10.2 Å². The Labute approximate surface area is 128 Å². The molecule has 116 valence electrons. The fraction of sp³-hybridized carbons (Fsp3) is 0.647. The first-order valence-corrected chi connectivity index (χ1v) is 7.85. The Balaban J connectivity index is 2.03. The highest BCUT2D eigenvalue weighted by Gasteiger charge is 2.22. The van der Waals surface area contributed by atoms with Gasteiger partial charge >= 0.3 is 0 Å². The topological polar surface area (TPSA) is 41.1 Å². The van der Waals surface area contributed by atoms with Crippen molar-refractivity contribution in [3.8, 4) is 0 Å². The zero-order valence-electron chi connectivity index (χ0n) is 14.0. The van der Waals surface area contributed by atoms with Crippen molar-refractivity contribution in [2.75, 3.05) is 18.0 Å². The van der Waals surface area contributed by atoms with Crippen molar-refractivity contribution in [2.24, 2.45) is 5.41 Å². The van der Waals surface area contributed by atoms with Crippen LogP contribution in [0.5, 0.6) is 0 Å². The highest BCUT2D eigenvalue weighted by atomic mass is 15.2. The van der Waals surface area contributed by atoms with Gasteiger partial charge in [0.2, 0.25) is 0 Å². The lowest BCUT2D eigenvalue weighted by Crippen LogP contribution is -2.32. The van der Waals surface area contributed by atoms with Gasteiger partial charge in [-0.3, -0.25) is 4.98 Å². The van der Waals surface area contributed by atoms with E-state index in [0.29, 0.717) is 6.04 Å². The summed E-state index contributed by atoms with van der Waals surface area (Å²) in [5.41, 5.74) is 2.83. The first-order chi connectivity index (χ1) is 9.86. The van der Waals surface area contributed by atoms with Crippen molar-refractivity contribution in [2.45, 2.75) is 53.6 Å². The Hall–Kier alpha value is -1.42. The largest absolute Gasteiger partial charge is 0.351 e. The first-order valence-electron chi connectivity index (χ1n) is 7.85. The van der Waals surface area contributed by atoms with Crippen LogP contribution in [0.2, 0.25) is 0 Å². The molecule has 0 fully saturated rings. The highest BCUT2D eigenvalue weighted by Crippen LogP contribution is 2.30. The molecule has 0 unspecified atom stereocenters. The summed E-state index contributed by atoms with van der Waals surface area (Å²) in [7, 11) is 0. The lowest BCUT2D eigenvalue weighted by atomic mass is 9.83. The van der Waals surface area contributed by atoms with Gasteiger partial charge in [0.25, 0.3) is 0 Å². The van der Waals surface area contributed by atoms with E-state index in [0.717, 1.165) is 37.6 Å². The third-order valence-corrected chi connectivity index (χ3v) is 3.86. The number of aromatic nitrogens is 2. The van der Waals surface area contributed by atoms with Crippen molar-refractivity contribution < 1.29 is 0 Å². The van der Waals surface area contributed by atoms with Crippen molar-refractivity contribution in [1.29, 1.82) is 0 Å². The van der Waals surface area contributed by atoms with E-state index in [9.17, 15) is 0 Å². The molecular formula is C17H28N4. The molecule has 1 aliphatic rings. The van der Waals surface area contributed by atoms with Crippen molar-refractivity contribution >= 4 is 5.82 Å². The van der Waals surface area contributed by atoms with Gasteiger partial charge in [-0.05, 0) is 11.8 Å². The Morgan fingerprint density at radius 3 is 2.62 bits per heavy atom. The molecule has 0 spiro atoms. The van der Waals surface area contributed by atoms with Crippen LogP contribution in [0.3, 0.4) is 0 Å². The Bertz CT molecular complexity index is 500. The molecule has 1 N–H and O–H groups in total. The molecule has 0 radical (unpaired) electrons. The number of nitrogens with one attached hydrogen (secondary N) is 1. The smallest absolute Gasteiger partial charge is 0.147 e. The molecule has 1 aliphatic heterocycles. The van der Waals surface area contributed by atoms with Crippen molar-refractivity contribution in [1.82, 2.24) is 15.3 Å². The predicted octanol–water partition coefficient (Wildman–Crippen LogP) is 3.16. The average molecular weight is 288 g/mol. The van der Waals surface area contributed by atoms with Gasteiger partial charge in [0, 0.05) is 31.9 Å². The minimum atomic E-state index is 0.279. The van der Waals surface area contributed by atoms with E-state index in [1.54, 1.807) is 5.57 Å². The third kappa shape index (κ3) is 4.53. The van der Waals surface area contributed by atoms with Gasteiger partial charge in [-0.2, -0.15) is 0 Å². The number of rotatable bonds is 4. The summed E-state index contributed by atoms with van der Waals surface area (Å²) in [5.74, 6) is 0.988. The van der Waals surface area contributed by atoms with E-state index < -0.39 is 0 Å². The molecule has 0 saturated carbocycles. The van der Waals surface area contributed by atoms with Gasteiger partial charge in [-0.15, -0.1) is 0 Å². The Morgan fingerprint density at radius 2 is 2.05 bits per heavy atom. The van der Waals surface area contributed by atoms with E-state index >= 15 is 0 Å². The summed E-state index contributed by atoms with van der Waals surface area (Å²) < 4.78 is 0. The SMILES string of the molecule is CC(C)NCc1cncc(N2CC=C(C(C)(C)C)CC2)n1. The molecular weight excluding hydrogens is 260 g/mol. The molecule has 2 rings (SSSR count). The standard InChI is InChI=1S/C17H28N4/c1-13(2)19-11-15-10-18-12-16(20-15)21-8-6-14(7-9-21)17(3,4)5/h6,10,12-13,19H,7-9,11H2,1-5H3.